The molecule has 2 aromatic rings. The Hall–Kier alpha value is -1.73. The van der Waals surface area contributed by atoms with Crippen molar-refractivity contribution in [2.45, 2.75) is 19.4 Å². The van der Waals surface area contributed by atoms with Gasteiger partial charge in [0, 0.05) is 17.8 Å². The first-order valence-electron chi connectivity index (χ1n) is 5.48. The Bertz CT molecular complexity index is 549. The van der Waals surface area contributed by atoms with Gasteiger partial charge in [0.2, 0.25) is 5.91 Å². The molecular formula is C11H14N4O2S. The smallest absolute Gasteiger partial charge is 0.268 e. The van der Waals surface area contributed by atoms with E-state index in [-0.39, 0.29) is 6.04 Å². The largest absolute Gasteiger partial charge is 0.366 e. The summed E-state index contributed by atoms with van der Waals surface area (Å²) in [5, 5.41) is 8.68. The number of hydrogen-bond donors (Lipinski definition) is 2. The van der Waals surface area contributed by atoms with Gasteiger partial charge in [-0.2, -0.15) is 4.98 Å². The van der Waals surface area contributed by atoms with E-state index in [1.54, 1.807) is 11.4 Å². The van der Waals surface area contributed by atoms with Crippen molar-refractivity contribution in [3.05, 3.63) is 22.8 Å². The van der Waals surface area contributed by atoms with Crippen molar-refractivity contribution < 1.29 is 9.32 Å². The minimum Gasteiger partial charge on any atom is -0.366 e. The molecule has 1 amide bonds. The summed E-state index contributed by atoms with van der Waals surface area (Å²) in [5.74, 6) is 0.604. The number of carbonyl (C=O) groups is 1. The molecule has 0 aliphatic rings. The predicted molar refractivity (Wildman–Crippen MR) is 68.4 cm³/mol. The number of nitrogens with one attached hydrogen (secondary N) is 1. The second kappa shape index (κ2) is 5.28. The molecule has 1 atom stereocenters. The molecule has 0 aromatic carbocycles. The van der Waals surface area contributed by atoms with E-state index >= 15 is 0 Å². The van der Waals surface area contributed by atoms with Crippen LogP contribution in [0.15, 0.2) is 16.0 Å². The SMILES string of the molecule is CNC(C)Cc1noc(-c2cc(C(N)=O)cs2)n1. The van der Waals surface area contributed by atoms with Gasteiger partial charge in [-0.25, -0.2) is 0 Å². The average Bonchev–Trinajstić information content (AvgIpc) is 2.96. The third kappa shape index (κ3) is 2.74. The van der Waals surface area contributed by atoms with Crippen LogP contribution in [0, 0.1) is 0 Å². The molecule has 0 fully saturated rings. The first kappa shape index (κ1) is 12.7. The molecule has 2 rings (SSSR count). The fourth-order valence-corrected chi connectivity index (χ4v) is 2.21. The predicted octanol–water partition coefficient (Wildman–Crippen LogP) is 1.05. The lowest BCUT2D eigenvalue weighted by Crippen LogP contribution is -2.24. The minimum atomic E-state index is -0.457. The molecule has 1 unspecified atom stereocenters. The molecular weight excluding hydrogens is 252 g/mol. The zero-order valence-electron chi connectivity index (χ0n) is 10.1. The Balaban J connectivity index is 2.16. The molecule has 2 heterocycles. The van der Waals surface area contributed by atoms with E-state index < -0.39 is 5.91 Å². The normalized spacial score (nSPS) is 12.6. The lowest BCUT2D eigenvalue weighted by atomic mass is 10.2. The van der Waals surface area contributed by atoms with Gasteiger partial charge in [0.25, 0.3) is 5.89 Å². The van der Waals surface area contributed by atoms with Gasteiger partial charge >= 0.3 is 0 Å². The number of nitrogens with zero attached hydrogens (tertiary/aromatic N) is 2. The standard InChI is InChI=1S/C11H14N4O2S/c1-6(13-2)3-9-14-11(17-15-9)8-4-7(5-18-8)10(12)16/h4-6,13H,3H2,1-2H3,(H2,12,16). The van der Waals surface area contributed by atoms with E-state index in [9.17, 15) is 4.79 Å². The molecule has 0 bridgehead atoms. The Kier molecular flexibility index (Phi) is 3.73. The number of hydrogen-bond acceptors (Lipinski definition) is 6. The maximum absolute atomic E-state index is 11.0. The number of primary amides is 1. The van der Waals surface area contributed by atoms with Gasteiger partial charge in [0.15, 0.2) is 5.82 Å². The zero-order valence-corrected chi connectivity index (χ0v) is 11.0. The zero-order chi connectivity index (χ0) is 13.1. The quantitative estimate of drug-likeness (QED) is 0.843. The third-order valence-electron chi connectivity index (χ3n) is 2.54. The van der Waals surface area contributed by atoms with Crippen LogP contribution in [0.3, 0.4) is 0 Å². The average molecular weight is 266 g/mol. The number of nitrogens with two attached hydrogens (primary N) is 1. The summed E-state index contributed by atoms with van der Waals surface area (Å²) >= 11 is 1.36. The fraction of sp³-hybridized carbons (Fsp3) is 0.364. The minimum absolute atomic E-state index is 0.278. The van der Waals surface area contributed by atoms with Crippen molar-refractivity contribution in [1.29, 1.82) is 0 Å². The van der Waals surface area contributed by atoms with Crippen LogP contribution < -0.4 is 11.1 Å². The van der Waals surface area contributed by atoms with E-state index in [0.29, 0.717) is 23.7 Å². The highest BCUT2D eigenvalue weighted by Gasteiger charge is 2.14. The molecule has 0 saturated heterocycles. The molecule has 6 nitrogen and oxygen atoms in total. The van der Waals surface area contributed by atoms with Gasteiger partial charge in [0.05, 0.1) is 10.4 Å². The van der Waals surface area contributed by atoms with Gasteiger partial charge in [0.1, 0.15) is 0 Å². The molecule has 96 valence electrons. The Labute approximate surface area is 108 Å². The fourth-order valence-electron chi connectivity index (χ4n) is 1.39. The van der Waals surface area contributed by atoms with E-state index in [1.807, 2.05) is 14.0 Å². The van der Waals surface area contributed by atoms with Crippen molar-refractivity contribution in [2.75, 3.05) is 7.05 Å². The molecule has 3 N–H and O–H groups in total. The molecule has 0 spiro atoms. The van der Waals surface area contributed by atoms with E-state index in [1.165, 1.54) is 11.3 Å². The highest BCUT2D eigenvalue weighted by atomic mass is 32.1. The van der Waals surface area contributed by atoms with E-state index in [4.69, 9.17) is 10.3 Å². The number of carbonyl (C=O) groups excluding carboxylic acids is 1. The van der Waals surface area contributed by atoms with Gasteiger partial charge in [-0.1, -0.05) is 5.16 Å². The molecule has 0 radical (unpaired) electrons. The van der Waals surface area contributed by atoms with Crippen LogP contribution in [0.25, 0.3) is 10.8 Å². The lowest BCUT2D eigenvalue weighted by Gasteiger charge is -2.04. The van der Waals surface area contributed by atoms with Crippen molar-refractivity contribution in [3.63, 3.8) is 0 Å². The van der Waals surface area contributed by atoms with Crippen molar-refractivity contribution in [2.24, 2.45) is 5.73 Å². The third-order valence-corrected chi connectivity index (χ3v) is 3.46. The van der Waals surface area contributed by atoms with E-state index in [0.717, 1.165) is 4.88 Å². The van der Waals surface area contributed by atoms with Crippen LogP contribution in [-0.2, 0) is 6.42 Å². The number of aromatic nitrogens is 2. The van der Waals surface area contributed by atoms with Gasteiger partial charge in [-0.15, -0.1) is 11.3 Å². The van der Waals surface area contributed by atoms with Crippen LogP contribution in [0.4, 0.5) is 0 Å². The van der Waals surface area contributed by atoms with Crippen LogP contribution >= 0.6 is 11.3 Å². The molecule has 18 heavy (non-hydrogen) atoms. The summed E-state index contributed by atoms with van der Waals surface area (Å²) in [6.45, 7) is 2.03. The number of amides is 1. The van der Waals surface area contributed by atoms with E-state index in [2.05, 4.69) is 15.5 Å². The highest BCUT2D eigenvalue weighted by Crippen LogP contribution is 2.25. The second-order valence-corrected chi connectivity index (χ2v) is 4.88. The number of likely N-dealkylation sites (N-methyl/N-ethyl adjacent to an activating group) is 1. The summed E-state index contributed by atoms with van der Waals surface area (Å²) in [5.41, 5.74) is 5.64. The summed E-state index contributed by atoms with van der Waals surface area (Å²) in [7, 11) is 1.88. The first-order chi connectivity index (χ1) is 8.60. The second-order valence-electron chi connectivity index (χ2n) is 3.97. The lowest BCUT2D eigenvalue weighted by molar-refractivity contribution is 0.100. The molecule has 0 saturated carbocycles. The van der Waals surface area contributed by atoms with Crippen LogP contribution in [0.2, 0.25) is 0 Å². The first-order valence-corrected chi connectivity index (χ1v) is 6.36. The molecule has 2 aromatic heterocycles. The molecule has 7 heteroatoms. The van der Waals surface area contributed by atoms with Crippen LogP contribution in [-0.4, -0.2) is 29.1 Å². The Morgan fingerprint density at radius 3 is 3.06 bits per heavy atom. The van der Waals surface area contributed by atoms with Crippen molar-refractivity contribution in [1.82, 2.24) is 15.5 Å². The van der Waals surface area contributed by atoms with Gasteiger partial charge in [-0.05, 0) is 20.0 Å². The number of rotatable bonds is 5. The Morgan fingerprint density at radius 2 is 2.44 bits per heavy atom. The topological polar surface area (TPSA) is 94.0 Å². The van der Waals surface area contributed by atoms with Gasteiger partial charge in [-0.3, -0.25) is 4.79 Å². The monoisotopic (exact) mass is 266 g/mol. The van der Waals surface area contributed by atoms with Crippen LogP contribution in [0.1, 0.15) is 23.1 Å². The number of thiophene rings is 1. The maximum Gasteiger partial charge on any atom is 0.268 e. The summed E-state index contributed by atoms with van der Waals surface area (Å²) < 4.78 is 5.16. The summed E-state index contributed by atoms with van der Waals surface area (Å²) in [6.07, 6.45) is 0.689. The van der Waals surface area contributed by atoms with Gasteiger partial charge < -0.3 is 15.6 Å². The molecule has 0 aliphatic carbocycles. The maximum atomic E-state index is 11.0. The highest BCUT2D eigenvalue weighted by molar-refractivity contribution is 7.13. The van der Waals surface area contributed by atoms with Crippen LogP contribution in [0.5, 0.6) is 0 Å². The van der Waals surface area contributed by atoms with Crippen molar-refractivity contribution in [3.8, 4) is 10.8 Å². The summed E-state index contributed by atoms with van der Waals surface area (Å²) in [4.78, 5) is 16.0. The van der Waals surface area contributed by atoms with Crippen molar-refractivity contribution >= 4 is 17.2 Å². The molecule has 0 aliphatic heterocycles. The summed E-state index contributed by atoms with van der Waals surface area (Å²) in [6, 6.07) is 1.94. The Morgan fingerprint density at radius 1 is 1.67 bits per heavy atom.